The van der Waals surface area contributed by atoms with Gasteiger partial charge in [-0.05, 0) is 11.8 Å². The third kappa shape index (κ3) is 2.50. The number of hydrogen-bond donors (Lipinski definition) is 0. The highest BCUT2D eigenvalue weighted by molar-refractivity contribution is 7.75. The SMILES string of the molecule is CC(C)C[P+]1(CC(C)C)[C@H](C)N2CCC[N+]3=C2N1CCC3. The Hall–Kier alpha value is -0.300. The molecule has 0 N–H and O–H groups in total. The van der Waals surface area contributed by atoms with Crippen molar-refractivity contribution in [3.8, 4) is 0 Å². The molecular weight excluding hydrogens is 277 g/mol. The van der Waals surface area contributed by atoms with Crippen LogP contribution in [0, 0.1) is 11.8 Å². The van der Waals surface area contributed by atoms with Crippen LogP contribution in [0.4, 0.5) is 0 Å². The Morgan fingerprint density at radius 1 is 1.05 bits per heavy atom. The number of nitrogens with zero attached hydrogens (tertiary/aromatic N) is 3. The molecule has 0 spiro atoms. The van der Waals surface area contributed by atoms with E-state index in [1.807, 2.05) is 0 Å². The van der Waals surface area contributed by atoms with Gasteiger partial charge >= 0.3 is 5.96 Å². The third-order valence-corrected chi connectivity index (χ3v) is 11.1. The van der Waals surface area contributed by atoms with Gasteiger partial charge in [-0.2, -0.15) is 0 Å². The van der Waals surface area contributed by atoms with Crippen molar-refractivity contribution in [1.29, 1.82) is 0 Å². The van der Waals surface area contributed by atoms with Crippen molar-refractivity contribution in [2.75, 3.05) is 38.5 Å². The van der Waals surface area contributed by atoms with Crippen molar-refractivity contribution in [1.82, 2.24) is 9.57 Å². The summed E-state index contributed by atoms with van der Waals surface area (Å²) >= 11 is 0. The van der Waals surface area contributed by atoms with E-state index in [2.05, 4.69) is 48.8 Å². The molecule has 0 aromatic carbocycles. The Morgan fingerprint density at radius 3 is 2.19 bits per heavy atom. The summed E-state index contributed by atoms with van der Waals surface area (Å²) in [7, 11) is -1.07. The Kier molecular flexibility index (Phi) is 4.25. The van der Waals surface area contributed by atoms with Gasteiger partial charge < -0.3 is 0 Å². The molecule has 1 atom stereocenters. The molecule has 1 fully saturated rings. The summed E-state index contributed by atoms with van der Waals surface area (Å²) in [6, 6.07) is 0. The Balaban J connectivity index is 2.04. The summed E-state index contributed by atoms with van der Waals surface area (Å²) in [5.41, 5.74) is 0. The first kappa shape index (κ1) is 15.6. The second kappa shape index (κ2) is 5.72. The summed E-state index contributed by atoms with van der Waals surface area (Å²) < 4.78 is 5.65. The second-order valence-electron chi connectivity index (χ2n) is 8.08. The minimum Gasteiger partial charge on any atom is -0.262 e. The molecule has 0 aliphatic carbocycles. The first-order valence-electron chi connectivity index (χ1n) is 8.99. The van der Waals surface area contributed by atoms with Crippen LogP contribution in [0.2, 0.25) is 0 Å². The van der Waals surface area contributed by atoms with E-state index in [0.29, 0.717) is 0 Å². The average Bonchev–Trinajstić information content (AvgIpc) is 2.63. The molecule has 0 saturated carbocycles. The number of rotatable bonds is 4. The highest BCUT2D eigenvalue weighted by Gasteiger charge is 2.68. The van der Waals surface area contributed by atoms with E-state index in [-0.39, 0.29) is 0 Å². The maximum Gasteiger partial charge on any atom is 0.388 e. The van der Waals surface area contributed by atoms with Gasteiger partial charge in [0, 0.05) is 19.8 Å². The lowest BCUT2D eigenvalue weighted by Gasteiger charge is -2.32. The van der Waals surface area contributed by atoms with Gasteiger partial charge in [-0.1, -0.05) is 27.7 Å². The van der Waals surface area contributed by atoms with E-state index in [9.17, 15) is 0 Å². The highest BCUT2D eigenvalue weighted by atomic mass is 31.2. The second-order valence-corrected chi connectivity index (χ2v) is 12.0. The summed E-state index contributed by atoms with van der Waals surface area (Å²) in [6.45, 7) is 17.5. The van der Waals surface area contributed by atoms with Crippen LogP contribution < -0.4 is 0 Å². The normalized spacial score (nSPS) is 27.9. The van der Waals surface area contributed by atoms with Crippen LogP contribution in [-0.2, 0) is 0 Å². The summed E-state index contributed by atoms with van der Waals surface area (Å²) in [5.74, 6) is 4.04. The molecule has 0 unspecified atom stereocenters. The van der Waals surface area contributed by atoms with E-state index < -0.39 is 7.41 Å². The zero-order valence-corrected chi connectivity index (χ0v) is 15.6. The minimum atomic E-state index is -1.07. The molecule has 21 heavy (non-hydrogen) atoms. The molecule has 3 rings (SSSR count). The Bertz CT molecular complexity index is 416. The Morgan fingerprint density at radius 2 is 1.62 bits per heavy atom. The van der Waals surface area contributed by atoms with Crippen molar-refractivity contribution in [3.63, 3.8) is 0 Å². The minimum absolute atomic E-state index is 0.776. The van der Waals surface area contributed by atoms with Gasteiger partial charge in [0.1, 0.15) is 6.54 Å². The van der Waals surface area contributed by atoms with Crippen molar-refractivity contribution >= 4 is 13.4 Å². The summed E-state index contributed by atoms with van der Waals surface area (Å²) in [4.78, 5) is 2.79. The first-order valence-corrected chi connectivity index (χ1v) is 11.2. The van der Waals surface area contributed by atoms with Crippen molar-refractivity contribution in [2.24, 2.45) is 11.8 Å². The predicted octanol–water partition coefficient (Wildman–Crippen LogP) is 3.37. The molecule has 3 aliphatic rings. The average molecular weight is 311 g/mol. The molecule has 0 radical (unpaired) electrons. The molecule has 1 saturated heterocycles. The highest BCUT2D eigenvalue weighted by Crippen LogP contribution is 2.72. The monoisotopic (exact) mass is 311 g/mol. The van der Waals surface area contributed by atoms with E-state index in [4.69, 9.17) is 0 Å². The fraction of sp³-hybridized carbons (Fsp3) is 0.941. The molecule has 0 amide bonds. The van der Waals surface area contributed by atoms with Crippen LogP contribution in [0.1, 0.15) is 47.5 Å². The quantitative estimate of drug-likeness (QED) is 0.582. The molecule has 3 aliphatic heterocycles. The standard InChI is InChI=1S/C17H34N3P/c1-14(2)12-21(13-15(3)4)16(5)19-10-6-8-18-9-7-11-20(21)17(18)19/h14-16H,6-13H2,1-5H3/q+2/t16-/m1/s1. The molecule has 0 aromatic rings. The first-order chi connectivity index (χ1) is 9.95. The van der Waals surface area contributed by atoms with Crippen molar-refractivity contribution in [2.45, 2.75) is 53.2 Å². The van der Waals surface area contributed by atoms with Gasteiger partial charge in [0.15, 0.2) is 7.41 Å². The summed E-state index contributed by atoms with van der Waals surface area (Å²) in [5, 5.41) is 0. The number of guanidine groups is 1. The van der Waals surface area contributed by atoms with Gasteiger partial charge in [0.2, 0.25) is 5.78 Å². The van der Waals surface area contributed by atoms with Crippen LogP contribution in [0.3, 0.4) is 0 Å². The van der Waals surface area contributed by atoms with Crippen molar-refractivity contribution < 1.29 is 4.58 Å². The zero-order chi connectivity index (χ0) is 15.2. The van der Waals surface area contributed by atoms with Gasteiger partial charge in [-0.15, -0.1) is 4.67 Å². The fourth-order valence-electron chi connectivity index (χ4n) is 4.88. The molecule has 0 bridgehead atoms. The van der Waals surface area contributed by atoms with E-state index in [0.717, 1.165) is 17.6 Å². The molecule has 0 aromatic heterocycles. The van der Waals surface area contributed by atoms with Gasteiger partial charge in [-0.3, -0.25) is 4.58 Å². The fourth-order valence-corrected chi connectivity index (χ4v) is 10.8. The van der Waals surface area contributed by atoms with Crippen LogP contribution >= 0.6 is 7.41 Å². The lowest BCUT2D eigenvalue weighted by atomic mass is 10.2. The zero-order valence-electron chi connectivity index (χ0n) is 14.7. The lowest BCUT2D eigenvalue weighted by molar-refractivity contribution is -0.547. The topological polar surface area (TPSA) is 9.49 Å². The summed E-state index contributed by atoms with van der Waals surface area (Å²) in [6.07, 6.45) is 5.60. The van der Waals surface area contributed by atoms with Gasteiger partial charge in [-0.25, -0.2) is 4.90 Å². The Labute approximate surface area is 131 Å². The lowest BCUT2D eigenvalue weighted by Crippen LogP contribution is -2.50. The molecule has 4 heteroatoms. The van der Waals surface area contributed by atoms with Gasteiger partial charge in [0.05, 0.1) is 32.0 Å². The van der Waals surface area contributed by atoms with E-state index >= 15 is 0 Å². The van der Waals surface area contributed by atoms with Crippen LogP contribution in [-0.4, -0.2) is 64.4 Å². The molecule has 3 heterocycles. The predicted molar refractivity (Wildman–Crippen MR) is 93.4 cm³/mol. The maximum absolute atomic E-state index is 2.94. The van der Waals surface area contributed by atoms with Crippen LogP contribution in [0.25, 0.3) is 0 Å². The third-order valence-electron chi connectivity index (χ3n) is 5.39. The largest absolute Gasteiger partial charge is 0.388 e. The molecule has 3 nitrogen and oxygen atoms in total. The van der Waals surface area contributed by atoms with Crippen molar-refractivity contribution in [3.05, 3.63) is 0 Å². The van der Waals surface area contributed by atoms with Gasteiger partial charge in [0.25, 0.3) is 0 Å². The molecule has 120 valence electrons. The van der Waals surface area contributed by atoms with E-state index in [1.165, 1.54) is 51.3 Å². The number of hydrogen-bond acceptors (Lipinski definition) is 2. The smallest absolute Gasteiger partial charge is 0.262 e. The van der Waals surface area contributed by atoms with Crippen LogP contribution in [0.5, 0.6) is 0 Å². The molecular formula is C17H34N3P+2. The van der Waals surface area contributed by atoms with E-state index in [1.54, 1.807) is 5.96 Å². The van der Waals surface area contributed by atoms with Crippen LogP contribution in [0.15, 0.2) is 0 Å². The maximum atomic E-state index is 2.94.